The lowest BCUT2D eigenvalue weighted by Gasteiger charge is -2.35. The molecule has 11 nitrogen and oxygen atoms in total. The number of hydrogen-bond acceptors (Lipinski definition) is 7. The smallest absolute Gasteiger partial charge is 0.323 e. The highest BCUT2D eigenvalue weighted by Crippen LogP contribution is 2.42. The number of rotatable bonds is 15. The molecule has 51 heavy (non-hydrogen) atoms. The van der Waals surface area contributed by atoms with E-state index in [1.165, 1.54) is 50.5 Å². The number of carbonyl (C=O) groups is 3. The standard InChI is InChI=1S/C39H49N5O6S/c1-3-7-28-10-14-30(15-11-28)31-18-20-32(21-19-31)34-22-41-39(42-23-34)33-16-12-29(13-17-33)25-43(27-38(47)48)37(46)24-40-36(45)26-44(51(2,49)50)35-8-5-4-6-9-35/h4-6,8-9,12-13,16-17,20,22-23,28,30-31H,3,7,10-11,14-15,18-19,21,24-27H2,1-2H3,(H,40,45)(H,47,48). The number of carboxylic acids is 1. The predicted molar refractivity (Wildman–Crippen MR) is 198 cm³/mol. The zero-order chi connectivity index (χ0) is 36.4. The summed E-state index contributed by atoms with van der Waals surface area (Å²) in [5, 5.41) is 11.9. The molecular formula is C39H49N5O6S. The number of anilines is 1. The lowest BCUT2D eigenvalue weighted by Crippen LogP contribution is -2.45. The Hall–Kier alpha value is -4.58. The van der Waals surface area contributed by atoms with E-state index in [2.05, 4.69) is 28.3 Å². The van der Waals surface area contributed by atoms with Gasteiger partial charge in [-0.1, -0.05) is 81.1 Å². The topological polar surface area (TPSA) is 150 Å². The third-order valence-electron chi connectivity index (χ3n) is 10.2. The average molecular weight is 716 g/mol. The Labute approximate surface area is 301 Å². The second-order valence-corrected chi connectivity index (χ2v) is 15.8. The van der Waals surface area contributed by atoms with Crippen LogP contribution in [0.5, 0.6) is 0 Å². The summed E-state index contributed by atoms with van der Waals surface area (Å²) >= 11 is 0. The number of allylic oxidation sites excluding steroid dienone is 2. The third-order valence-corrected chi connectivity index (χ3v) is 11.3. The molecule has 1 saturated carbocycles. The molecule has 12 heteroatoms. The van der Waals surface area contributed by atoms with Crippen LogP contribution in [0.25, 0.3) is 17.0 Å². The molecular weight excluding hydrogens is 667 g/mol. The van der Waals surface area contributed by atoms with Crippen LogP contribution in [0.3, 0.4) is 0 Å². The number of para-hydroxylation sites is 1. The normalized spacial score (nSPS) is 19.1. The molecule has 3 aromatic rings. The van der Waals surface area contributed by atoms with Crippen molar-refractivity contribution in [1.29, 1.82) is 0 Å². The van der Waals surface area contributed by atoms with E-state index in [1.54, 1.807) is 42.5 Å². The van der Waals surface area contributed by atoms with Gasteiger partial charge in [0, 0.05) is 30.1 Å². The van der Waals surface area contributed by atoms with Gasteiger partial charge in [0.2, 0.25) is 21.8 Å². The van der Waals surface area contributed by atoms with Crippen LogP contribution in [-0.4, -0.2) is 72.1 Å². The summed E-state index contributed by atoms with van der Waals surface area (Å²) < 4.78 is 25.5. The maximum atomic E-state index is 13.0. The van der Waals surface area contributed by atoms with Crippen molar-refractivity contribution >= 4 is 39.1 Å². The van der Waals surface area contributed by atoms with Gasteiger partial charge in [-0.15, -0.1) is 0 Å². The summed E-state index contributed by atoms with van der Waals surface area (Å²) in [6.45, 7) is 0.694. The largest absolute Gasteiger partial charge is 0.480 e. The monoisotopic (exact) mass is 715 g/mol. The first-order valence-electron chi connectivity index (χ1n) is 17.9. The fourth-order valence-electron chi connectivity index (χ4n) is 7.39. The third kappa shape index (κ3) is 10.7. The Morgan fingerprint density at radius 2 is 1.57 bits per heavy atom. The quantitative estimate of drug-likeness (QED) is 0.197. The number of carboxylic acid groups (broad SMARTS) is 1. The summed E-state index contributed by atoms with van der Waals surface area (Å²) in [6, 6.07) is 15.4. The van der Waals surface area contributed by atoms with Gasteiger partial charge in [-0.2, -0.15) is 0 Å². The van der Waals surface area contributed by atoms with Crippen molar-refractivity contribution in [1.82, 2.24) is 20.2 Å². The molecule has 272 valence electrons. The highest BCUT2D eigenvalue weighted by atomic mass is 32.2. The number of nitrogens with zero attached hydrogens (tertiary/aromatic N) is 4. The molecule has 0 spiro atoms. The van der Waals surface area contributed by atoms with Crippen molar-refractivity contribution in [2.24, 2.45) is 17.8 Å². The SMILES string of the molecule is CCCC1CCC(C2CC=C(c3cnc(-c4ccc(CN(CC(=O)O)C(=O)CNC(=O)CN(c5ccccc5)S(C)(=O)=O)cc4)nc3)CC2)CC1. The van der Waals surface area contributed by atoms with E-state index in [1.807, 2.05) is 24.5 Å². The van der Waals surface area contributed by atoms with Gasteiger partial charge in [-0.25, -0.2) is 18.4 Å². The molecule has 0 bridgehead atoms. The van der Waals surface area contributed by atoms with E-state index in [-0.39, 0.29) is 6.54 Å². The molecule has 2 amide bonds. The van der Waals surface area contributed by atoms with Crippen molar-refractivity contribution in [3.63, 3.8) is 0 Å². The molecule has 0 saturated heterocycles. The molecule has 5 rings (SSSR count). The van der Waals surface area contributed by atoms with Crippen LogP contribution >= 0.6 is 0 Å². The van der Waals surface area contributed by atoms with Crippen molar-refractivity contribution in [2.75, 3.05) is 30.2 Å². The molecule has 1 aromatic heterocycles. The molecule has 0 aliphatic heterocycles. The van der Waals surface area contributed by atoms with Crippen LogP contribution in [0.15, 0.2) is 73.1 Å². The Morgan fingerprint density at radius 1 is 0.882 bits per heavy atom. The zero-order valence-corrected chi connectivity index (χ0v) is 30.4. The van der Waals surface area contributed by atoms with Crippen molar-refractivity contribution in [2.45, 2.75) is 71.3 Å². The summed E-state index contributed by atoms with van der Waals surface area (Å²) in [5.41, 5.74) is 4.15. The molecule has 1 atom stereocenters. The Bertz CT molecular complexity index is 1770. The molecule has 1 fully saturated rings. The fourth-order valence-corrected chi connectivity index (χ4v) is 8.24. The molecule has 1 unspecified atom stereocenters. The lowest BCUT2D eigenvalue weighted by molar-refractivity contribution is -0.144. The Balaban J connectivity index is 1.14. The molecule has 1 heterocycles. The van der Waals surface area contributed by atoms with Crippen molar-refractivity contribution < 1.29 is 27.9 Å². The highest BCUT2D eigenvalue weighted by molar-refractivity contribution is 7.92. The number of aromatic nitrogens is 2. The van der Waals surface area contributed by atoms with Crippen LogP contribution < -0.4 is 9.62 Å². The summed E-state index contributed by atoms with van der Waals surface area (Å²) in [4.78, 5) is 47.6. The number of sulfonamides is 1. The second kappa shape index (κ2) is 17.6. The Kier molecular flexibility index (Phi) is 13.0. The maximum Gasteiger partial charge on any atom is 0.323 e. The minimum Gasteiger partial charge on any atom is -0.480 e. The molecule has 0 radical (unpaired) electrons. The van der Waals surface area contributed by atoms with Gasteiger partial charge in [-0.3, -0.25) is 18.7 Å². The van der Waals surface area contributed by atoms with Gasteiger partial charge < -0.3 is 15.3 Å². The highest BCUT2D eigenvalue weighted by Gasteiger charge is 2.29. The maximum absolute atomic E-state index is 13.0. The van der Waals surface area contributed by atoms with E-state index >= 15 is 0 Å². The summed E-state index contributed by atoms with van der Waals surface area (Å²) in [5.74, 6) is 0.625. The lowest BCUT2D eigenvalue weighted by atomic mass is 9.70. The van der Waals surface area contributed by atoms with E-state index in [9.17, 15) is 27.9 Å². The van der Waals surface area contributed by atoms with Gasteiger partial charge in [-0.05, 0) is 73.1 Å². The number of aliphatic carboxylic acids is 1. The predicted octanol–water partition coefficient (Wildman–Crippen LogP) is 5.93. The minimum absolute atomic E-state index is 0.00408. The first-order chi connectivity index (χ1) is 24.5. The number of hydrogen-bond donors (Lipinski definition) is 2. The van der Waals surface area contributed by atoms with Crippen LogP contribution in [0.2, 0.25) is 0 Å². The number of amides is 2. The number of nitrogens with one attached hydrogen (secondary N) is 1. The molecule has 2 aliphatic rings. The molecule has 2 N–H and O–H groups in total. The zero-order valence-electron chi connectivity index (χ0n) is 29.5. The van der Waals surface area contributed by atoms with Crippen LogP contribution in [0, 0.1) is 17.8 Å². The van der Waals surface area contributed by atoms with Crippen LogP contribution in [-0.2, 0) is 31.0 Å². The second-order valence-electron chi connectivity index (χ2n) is 13.9. The van der Waals surface area contributed by atoms with Gasteiger partial charge in [0.1, 0.15) is 13.1 Å². The van der Waals surface area contributed by atoms with Gasteiger partial charge >= 0.3 is 5.97 Å². The van der Waals surface area contributed by atoms with E-state index < -0.39 is 47.4 Å². The average Bonchev–Trinajstić information content (AvgIpc) is 3.13. The fraction of sp³-hybridized carbons (Fsp3) is 0.462. The van der Waals surface area contributed by atoms with Gasteiger partial charge in [0.25, 0.3) is 0 Å². The van der Waals surface area contributed by atoms with E-state index in [0.29, 0.717) is 17.1 Å². The number of benzene rings is 2. The van der Waals surface area contributed by atoms with E-state index in [0.717, 1.165) is 57.2 Å². The van der Waals surface area contributed by atoms with Crippen LogP contribution in [0.4, 0.5) is 5.69 Å². The summed E-state index contributed by atoms with van der Waals surface area (Å²) in [6.07, 6.45) is 18.8. The first kappa shape index (κ1) is 37.7. The van der Waals surface area contributed by atoms with Crippen molar-refractivity contribution in [3.05, 3.63) is 84.2 Å². The minimum atomic E-state index is -3.78. The van der Waals surface area contributed by atoms with Crippen molar-refractivity contribution in [3.8, 4) is 11.4 Å². The Morgan fingerprint density at radius 3 is 2.16 bits per heavy atom. The molecule has 2 aromatic carbocycles. The number of carbonyl (C=O) groups excluding carboxylic acids is 2. The summed E-state index contributed by atoms with van der Waals surface area (Å²) in [7, 11) is -3.78. The van der Waals surface area contributed by atoms with E-state index in [4.69, 9.17) is 0 Å². The first-order valence-corrected chi connectivity index (χ1v) is 19.7. The van der Waals surface area contributed by atoms with Gasteiger partial charge in [0.05, 0.1) is 18.5 Å². The molecule has 2 aliphatic carbocycles. The van der Waals surface area contributed by atoms with Gasteiger partial charge in [0.15, 0.2) is 5.82 Å². The van der Waals surface area contributed by atoms with Crippen LogP contribution in [0.1, 0.15) is 75.8 Å².